The van der Waals surface area contributed by atoms with Gasteiger partial charge < -0.3 is 19.0 Å². The third-order valence-corrected chi connectivity index (χ3v) is 6.58. The number of carbonyl (C=O) groups excluding carboxylic acids is 2. The van der Waals surface area contributed by atoms with Gasteiger partial charge in [0.05, 0.1) is 35.3 Å². The van der Waals surface area contributed by atoms with Crippen LogP contribution in [0.1, 0.15) is 31.2 Å². The SMILES string of the molecule is CCOc1ccc(/C(O)=C2\C(=O)C(=O)N(c3nc4ccc(OCC)cc4s3)C2c2ccco2)cc1. The molecule has 0 radical (unpaired) electrons. The number of amides is 1. The van der Waals surface area contributed by atoms with Crippen LogP contribution in [0.4, 0.5) is 5.13 Å². The highest BCUT2D eigenvalue weighted by Crippen LogP contribution is 2.44. The molecule has 0 aliphatic carbocycles. The summed E-state index contributed by atoms with van der Waals surface area (Å²) in [7, 11) is 0. The molecule has 1 fully saturated rings. The van der Waals surface area contributed by atoms with Gasteiger partial charge in [-0.15, -0.1) is 0 Å². The van der Waals surface area contributed by atoms with E-state index in [1.165, 1.54) is 22.5 Å². The molecule has 4 aromatic rings. The van der Waals surface area contributed by atoms with Gasteiger partial charge in [0.2, 0.25) is 0 Å². The Balaban J connectivity index is 1.62. The minimum absolute atomic E-state index is 0.0663. The van der Waals surface area contributed by atoms with Gasteiger partial charge in [-0.25, -0.2) is 4.98 Å². The van der Waals surface area contributed by atoms with Gasteiger partial charge in [-0.1, -0.05) is 11.3 Å². The van der Waals surface area contributed by atoms with E-state index in [1.807, 2.05) is 19.9 Å². The molecule has 1 amide bonds. The van der Waals surface area contributed by atoms with Crippen molar-refractivity contribution in [1.82, 2.24) is 4.98 Å². The molecule has 35 heavy (non-hydrogen) atoms. The van der Waals surface area contributed by atoms with Crippen molar-refractivity contribution >= 4 is 44.1 Å². The molecule has 1 saturated heterocycles. The summed E-state index contributed by atoms with van der Waals surface area (Å²) in [5.41, 5.74) is 0.983. The fourth-order valence-electron chi connectivity index (χ4n) is 4.03. The number of anilines is 1. The minimum Gasteiger partial charge on any atom is -0.507 e. The van der Waals surface area contributed by atoms with Crippen LogP contribution >= 0.6 is 11.3 Å². The highest BCUT2D eigenvalue weighted by atomic mass is 32.1. The monoisotopic (exact) mass is 490 g/mol. The number of ketones is 1. The summed E-state index contributed by atoms with van der Waals surface area (Å²) in [6.07, 6.45) is 1.46. The zero-order valence-electron chi connectivity index (χ0n) is 19.1. The van der Waals surface area contributed by atoms with E-state index in [1.54, 1.807) is 48.5 Å². The highest BCUT2D eigenvalue weighted by molar-refractivity contribution is 7.22. The molecule has 1 aliphatic rings. The summed E-state index contributed by atoms with van der Waals surface area (Å²) >= 11 is 1.26. The first kappa shape index (κ1) is 22.7. The maximum Gasteiger partial charge on any atom is 0.302 e. The number of hydrogen-bond donors (Lipinski definition) is 1. The lowest BCUT2D eigenvalue weighted by Gasteiger charge is -2.20. The summed E-state index contributed by atoms with van der Waals surface area (Å²) in [6, 6.07) is 14.5. The average molecular weight is 491 g/mol. The molecule has 0 spiro atoms. The number of furan rings is 1. The second kappa shape index (κ2) is 9.27. The standard InChI is InChI=1S/C26H22N2O6S/c1-3-32-16-9-7-15(8-10-16)23(29)21-22(19-6-5-13-34-19)28(25(31)24(21)30)26-27-18-12-11-17(33-4-2)14-20(18)35-26/h5-14,22,29H,3-4H2,1-2H3/b23-21+. The predicted molar refractivity (Wildman–Crippen MR) is 132 cm³/mol. The fraction of sp³-hybridized carbons (Fsp3) is 0.192. The van der Waals surface area contributed by atoms with Crippen molar-refractivity contribution in [2.24, 2.45) is 0 Å². The van der Waals surface area contributed by atoms with Gasteiger partial charge in [0.1, 0.15) is 29.1 Å². The molecular formula is C26H22N2O6S. The Kier molecular flexibility index (Phi) is 6.00. The Hall–Kier alpha value is -4.11. The maximum atomic E-state index is 13.3. The van der Waals surface area contributed by atoms with Crippen LogP contribution in [0.3, 0.4) is 0 Å². The number of hydrogen-bond acceptors (Lipinski definition) is 8. The molecule has 178 valence electrons. The van der Waals surface area contributed by atoms with E-state index in [0.29, 0.717) is 46.7 Å². The maximum absolute atomic E-state index is 13.3. The van der Waals surface area contributed by atoms with E-state index in [2.05, 4.69) is 4.98 Å². The number of Topliss-reactive ketones (excluding diaryl/α,β-unsaturated/α-hetero) is 1. The number of thiazole rings is 1. The fourth-order valence-corrected chi connectivity index (χ4v) is 5.05. The van der Waals surface area contributed by atoms with Crippen LogP contribution < -0.4 is 14.4 Å². The van der Waals surface area contributed by atoms with E-state index >= 15 is 0 Å². The Morgan fingerprint density at radius 3 is 2.46 bits per heavy atom. The lowest BCUT2D eigenvalue weighted by atomic mass is 9.99. The molecule has 1 N–H and O–H groups in total. The Morgan fingerprint density at radius 1 is 1.06 bits per heavy atom. The second-order valence-electron chi connectivity index (χ2n) is 7.70. The number of fused-ring (bicyclic) bond motifs is 1. The minimum atomic E-state index is -0.969. The molecule has 1 aliphatic heterocycles. The van der Waals surface area contributed by atoms with Gasteiger partial charge in [0, 0.05) is 5.56 Å². The molecule has 3 heterocycles. The van der Waals surface area contributed by atoms with Crippen LogP contribution in [-0.2, 0) is 9.59 Å². The third kappa shape index (κ3) is 4.04. The number of aliphatic hydroxyl groups excluding tert-OH is 1. The van der Waals surface area contributed by atoms with Gasteiger partial charge in [-0.2, -0.15) is 0 Å². The molecule has 2 aromatic heterocycles. The van der Waals surface area contributed by atoms with E-state index in [0.717, 1.165) is 4.70 Å². The van der Waals surface area contributed by atoms with E-state index in [9.17, 15) is 14.7 Å². The van der Waals surface area contributed by atoms with Crippen LogP contribution in [0.2, 0.25) is 0 Å². The molecule has 0 saturated carbocycles. The molecule has 9 heteroatoms. The van der Waals surface area contributed by atoms with Crippen molar-refractivity contribution in [3.05, 3.63) is 77.8 Å². The average Bonchev–Trinajstić information content (AvgIpc) is 3.58. The smallest absolute Gasteiger partial charge is 0.302 e. The number of benzene rings is 2. The van der Waals surface area contributed by atoms with Crippen molar-refractivity contribution in [3.63, 3.8) is 0 Å². The molecule has 5 rings (SSSR count). The van der Waals surface area contributed by atoms with Crippen molar-refractivity contribution < 1.29 is 28.6 Å². The lowest BCUT2D eigenvalue weighted by molar-refractivity contribution is -0.132. The zero-order valence-corrected chi connectivity index (χ0v) is 19.9. The first-order chi connectivity index (χ1) is 17.0. The topological polar surface area (TPSA) is 102 Å². The Labute approximate surface area is 205 Å². The van der Waals surface area contributed by atoms with Crippen molar-refractivity contribution in [3.8, 4) is 11.5 Å². The molecule has 1 atom stereocenters. The predicted octanol–water partition coefficient (Wildman–Crippen LogP) is 5.31. The summed E-state index contributed by atoms with van der Waals surface area (Å²) < 4.78 is 17.4. The van der Waals surface area contributed by atoms with Crippen LogP contribution in [0.25, 0.3) is 16.0 Å². The van der Waals surface area contributed by atoms with E-state index in [-0.39, 0.29) is 11.3 Å². The van der Waals surface area contributed by atoms with E-state index < -0.39 is 17.7 Å². The van der Waals surface area contributed by atoms with Crippen LogP contribution in [0.5, 0.6) is 11.5 Å². The number of carbonyl (C=O) groups is 2. The van der Waals surface area contributed by atoms with E-state index in [4.69, 9.17) is 13.9 Å². The quantitative estimate of drug-likeness (QED) is 0.213. The van der Waals surface area contributed by atoms with Gasteiger partial charge in [-0.3, -0.25) is 14.5 Å². The lowest BCUT2D eigenvalue weighted by Crippen LogP contribution is -2.29. The molecular weight excluding hydrogens is 468 g/mol. The van der Waals surface area contributed by atoms with Gasteiger partial charge in [0.15, 0.2) is 5.13 Å². The molecule has 8 nitrogen and oxygen atoms in total. The second-order valence-corrected chi connectivity index (χ2v) is 8.71. The molecule has 2 aromatic carbocycles. The first-order valence-corrected chi connectivity index (χ1v) is 11.9. The third-order valence-electron chi connectivity index (χ3n) is 5.56. The number of nitrogens with zero attached hydrogens (tertiary/aromatic N) is 2. The number of aliphatic hydroxyl groups is 1. The Bertz CT molecular complexity index is 1420. The summed E-state index contributed by atoms with van der Waals surface area (Å²) in [4.78, 5) is 32.3. The van der Waals surface area contributed by atoms with Gasteiger partial charge in [-0.05, 0) is 68.4 Å². The molecule has 0 bridgehead atoms. The summed E-state index contributed by atoms with van der Waals surface area (Å²) in [6.45, 7) is 4.80. The van der Waals surface area contributed by atoms with Crippen LogP contribution in [-0.4, -0.2) is 35.0 Å². The van der Waals surface area contributed by atoms with Crippen molar-refractivity contribution in [1.29, 1.82) is 0 Å². The summed E-state index contributed by atoms with van der Waals surface area (Å²) in [5.74, 6) is -0.237. The van der Waals surface area contributed by atoms with Crippen molar-refractivity contribution in [2.45, 2.75) is 19.9 Å². The molecule has 1 unspecified atom stereocenters. The van der Waals surface area contributed by atoms with Crippen LogP contribution in [0, 0.1) is 0 Å². The Morgan fingerprint density at radius 2 is 1.77 bits per heavy atom. The zero-order chi connectivity index (χ0) is 24.5. The number of rotatable bonds is 7. The first-order valence-electron chi connectivity index (χ1n) is 11.1. The van der Waals surface area contributed by atoms with Crippen LogP contribution in [0.15, 0.2) is 70.9 Å². The number of ether oxygens (including phenoxy) is 2. The summed E-state index contributed by atoms with van der Waals surface area (Å²) in [5, 5.41) is 11.5. The highest BCUT2D eigenvalue weighted by Gasteiger charge is 2.49. The van der Waals surface area contributed by atoms with Gasteiger partial charge in [0.25, 0.3) is 5.78 Å². The van der Waals surface area contributed by atoms with Crippen molar-refractivity contribution in [2.75, 3.05) is 18.1 Å². The van der Waals surface area contributed by atoms with Gasteiger partial charge >= 0.3 is 5.91 Å². The largest absolute Gasteiger partial charge is 0.507 e. The number of aromatic nitrogens is 1. The normalized spacial score (nSPS) is 17.3.